The Bertz CT molecular complexity index is 505. The highest BCUT2D eigenvalue weighted by Gasteiger charge is 2.31. The maximum atomic E-state index is 12.5. The number of likely N-dealkylation sites (tertiary alicyclic amines) is 1. The Morgan fingerprint density at radius 2 is 1.86 bits per heavy atom. The molecule has 0 saturated carbocycles. The van der Waals surface area contributed by atoms with Crippen molar-refractivity contribution in [1.29, 1.82) is 0 Å². The summed E-state index contributed by atoms with van der Waals surface area (Å²) >= 11 is 3.37. The second-order valence-electron chi connectivity index (χ2n) is 6.66. The van der Waals surface area contributed by atoms with Crippen LogP contribution in [0, 0.1) is 11.3 Å². The standard InChI is InChI=1S/C16H23BrN2O.ClH/c1-16(2,3)11-6-8-19(9-7-11)15(20)13-5-4-12(17)10-14(13)18;/h4-5,10-11H,6-9,18H2,1-3H3;1H. The minimum absolute atomic E-state index is 0. The maximum absolute atomic E-state index is 12.5. The Morgan fingerprint density at radius 1 is 1.29 bits per heavy atom. The summed E-state index contributed by atoms with van der Waals surface area (Å²) in [5, 5.41) is 0. The van der Waals surface area contributed by atoms with Crippen molar-refractivity contribution in [3.8, 4) is 0 Å². The van der Waals surface area contributed by atoms with E-state index in [1.54, 1.807) is 12.1 Å². The number of carbonyl (C=O) groups excluding carboxylic acids is 1. The minimum Gasteiger partial charge on any atom is -0.398 e. The Kier molecular flexibility index (Phi) is 6.11. The summed E-state index contributed by atoms with van der Waals surface area (Å²) in [6.45, 7) is 8.50. The van der Waals surface area contributed by atoms with E-state index in [9.17, 15) is 4.79 Å². The highest BCUT2D eigenvalue weighted by Crippen LogP contribution is 2.34. The fourth-order valence-corrected chi connectivity index (χ4v) is 3.23. The first-order chi connectivity index (χ1) is 9.29. The van der Waals surface area contributed by atoms with Crippen LogP contribution in [-0.2, 0) is 0 Å². The molecule has 118 valence electrons. The zero-order chi connectivity index (χ0) is 14.9. The maximum Gasteiger partial charge on any atom is 0.255 e. The number of nitrogen functional groups attached to an aromatic ring is 1. The molecular weight excluding hydrogens is 352 g/mol. The van der Waals surface area contributed by atoms with Crippen LogP contribution >= 0.6 is 28.3 Å². The third-order valence-electron chi connectivity index (χ3n) is 4.25. The summed E-state index contributed by atoms with van der Waals surface area (Å²) in [5.74, 6) is 0.746. The number of nitrogens with zero attached hydrogens (tertiary/aromatic N) is 1. The number of halogens is 2. The predicted octanol–water partition coefficient (Wildman–Crippen LogP) is 4.35. The molecule has 1 heterocycles. The Morgan fingerprint density at radius 3 is 2.33 bits per heavy atom. The summed E-state index contributed by atoms with van der Waals surface area (Å²) in [4.78, 5) is 14.5. The van der Waals surface area contributed by atoms with Crippen molar-refractivity contribution in [2.75, 3.05) is 18.8 Å². The van der Waals surface area contributed by atoms with Gasteiger partial charge in [-0.15, -0.1) is 12.4 Å². The van der Waals surface area contributed by atoms with Gasteiger partial charge in [-0.1, -0.05) is 36.7 Å². The molecule has 2 N–H and O–H groups in total. The summed E-state index contributed by atoms with van der Waals surface area (Å²) in [6, 6.07) is 5.46. The molecule has 1 aliphatic rings. The fraction of sp³-hybridized carbons (Fsp3) is 0.562. The van der Waals surface area contributed by atoms with Gasteiger partial charge in [0.15, 0.2) is 0 Å². The lowest BCUT2D eigenvalue weighted by atomic mass is 9.75. The van der Waals surface area contributed by atoms with Crippen molar-refractivity contribution in [2.45, 2.75) is 33.6 Å². The van der Waals surface area contributed by atoms with Gasteiger partial charge in [0, 0.05) is 23.2 Å². The lowest BCUT2D eigenvalue weighted by Crippen LogP contribution is -2.41. The first kappa shape index (κ1) is 18.3. The molecule has 0 atom stereocenters. The molecule has 3 nitrogen and oxygen atoms in total. The van der Waals surface area contributed by atoms with Crippen molar-refractivity contribution in [2.24, 2.45) is 11.3 Å². The lowest BCUT2D eigenvalue weighted by molar-refractivity contribution is 0.0609. The molecule has 2 rings (SSSR count). The van der Waals surface area contributed by atoms with Gasteiger partial charge in [-0.3, -0.25) is 4.79 Å². The van der Waals surface area contributed by atoms with E-state index in [1.165, 1.54) is 0 Å². The Labute approximate surface area is 141 Å². The second-order valence-corrected chi connectivity index (χ2v) is 7.58. The van der Waals surface area contributed by atoms with Crippen LogP contribution < -0.4 is 5.73 Å². The summed E-state index contributed by atoms with van der Waals surface area (Å²) in [6.07, 6.45) is 2.15. The number of rotatable bonds is 1. The summed E-state index contributed by atoms with van der Waals surface area (Å²) in [7, 11) is 0. The summed E-state index contributed by atoms with van der Waals surface area (Å²) in [5.41, 5.74) is 7.43. The second kappa shape index (κ2) is 7.01. The van der Waals surface area contributed by atoms with E-state index in [-0.39, 0.29) is 18.3 Å². The van der Waals surface area contributed by atoms with E-state index in [2.05, 4.69) is 36.7 Å². The van der Waals surface area contributed by atoms with E-state index in [4.69, 9.17) is 5.73 Å². The molecule has 0 bridgehead atoms. The van der Waals surface area contributed by atoms with Gasteiger partial charge in [-0.05, 0) is 42.4 Å². The SMILES string of the molecule is CC(C)(C)C1CCN(C(=O)c2ccc(Br)cc2N)CC1.Cl. The van der Waals surface area contributed by atoms with Crippen molar-refractivity contribution in [1.82, 2.24) is 4.90 Å². The topological polar surface area (TPSA) is 46.3 Å². The monoisotopic (exact) mass is 374 g/mol. The molecule has 1 fully saturated rings. The number of piperidine rings is 1. The minimum atomic E-state index is 0. The number of hydrogen-bond donors (Lipinski definition) is 1. The molecule has 1 aromatic carbocycles. The van der Waals surface area contributed by atoms with E-state index >= 15 is 0 Å². The van der Waals surface area contributed by atoms with E-state index in [1.807, 2.05) is 11.0 Å². The molecular formula is C16H24BrClN2O. The first-order valence-electron chi connectivity index (χ1n) is 7.13. The van der Waals surface area contributed by atoms with Gasteiger partial charge in [-0.25, -0.2) is 0 Å². The molecule has 0 unspecified atom stereocenters. The van der Waals surface area contributed by atoms with Crippen LogP contribution in [0.15, 0.2) is 22.7 Å². The van der Waals surface area contributed by atoms with Crippen molar-refractivity contribution < 1.29 is 4.79 Å². The van der Waals surface area contributed by atoms with Crippen LogP contribution in [-0.4, -0.2) is 23.9 Å². The third kappa shape index (κ3) is 4.36. The largest absolute Gasteiger partial charge is 0.398 e. The first-order valence-corrected chi connectivity index (χ1v) is 7.92. The number of amides is 1. The smallest absolute Gasteiger partial charge is 0.255 e. The number of hydrogen-bond acceptors (Lipinski definition) is 2. The highest BCUT2D eigenvalue weighted by atomic mass is 79.9. The average molecular weight is 376 g/mol. The van der Waals surface area contributed by atoms with Gasteiger partial charge < -0.3 is 10.6 Å². The summed E-state index contributed by atoms with van der Waals surface area (Å²) < 4.78 is 0.901. The highest BCUT2D eigenvalue weighted by molar-refractivity contribution is 9.10. The lowest BCUT2D eigenvalue weighted by Gasteiger charge is -2.38. The molecule has 1 aliphatic heterocycles. The van der Waals surface area contributed by atoms with Crippen molar-refractivity contribution in [3.63, 3.8) is 0 Å². The van der Waals surface area contributed by atoms with Crippen molar-refractivity contribution in [3.05, 3.63) is 28.2 Å². The van der Waals surface area contributed by atoms with Gasteiger partial charge in [0.05, 0.1) is 5.56 Å². The van der Waals surface area contributed by atoms with Crippen molar-refractivity contribution >= 4 is 39.9 Å². The zero-order valence-corrected chi connectivity index (χ0v) is 15.3. The molecule has 5 heteroatoms. The molecule has 1 aromatic rings. The number of nitrogens with two attached hydrogens (primary N) is 1. The van der Waals surface area contributed by atoms with E-state index < -0.39 is 0 Å². The van der Waals surface area contributed by atoms with Gasteiger partial charge in [0.2, 0.25) is 0 Å². The molecule has 0 spiro atoms. The predicted molar refractivity (Wildman–Crippen MR) is 93.9 cm³/mol. The Balaban J connectivity index is 0.00000220. The van der Waals surface area contributed by atoms with Gasteiger partial charge in [0.1, 0.15) is 0 Å². The van der Waals surface area contributed by atoms with Crippen LogP contribution in [0.5, 0.6) is 0 Å². The fourth-order valence-electron chi connectivity index (χ4n) is 2.85. The molecule has 0 aromatic heterocycles. The molecule has 21 heavy (non-hydrogen) atoms. The third-order valence-corrected chi connectivity index (χ3v) is 4.74. The normalized spacial score (nSPS) is 16.5. The zero-order valence-electron chi connectivity index (χ0n) is 12.9. The molecule has 0 aliphatic carbocycles. The Hall–Kier alpha value is -0.740. The van der Waals surface area contributed by atoms with Crippen LogP contribution in [0.1, 0.15) is 44.0 Å². The van der Waals surface area contributed by atoms with Gasteiger partial charge in [-0.2, -0.15) is 0 Å². The molecule has 1 saturated heterocycles. The number of carbonyl (C=O) groups is 1. The van der Waals surface area contributed by atoms with Crippen LogP contribution in [0.3, 0.4) is 0 Å². The number of benzene rings is 1. The van der Waals surface area contributed by atoms with Crippen LogP contribution in [0.4, 0.5) is 5.69 Å². The van der Waals surface area contributed by atoms with Gasteiger partial charge >= 0.3 is 0 Å². The average Bonchev–Trinajstić information content (AvgIpc) is 2.37. The molecule has 1 amide bonds. The van der Waals surface area contributed by atoms with E-state index in [0.717, 1.165) is 30.4 Å². The quantitative estimate of drug-likeness (QED) is 0.742. The van der Waals surface area contributed by atoms with Crippen LogP contribution in [0.2, 0.25) is 0 Å². The van der Waals surface area contributed by atoms with E-state index in [0.29, 0.717) is 22.6 Å². The number of anilines is 1. The van der Waals surface area contributed by atoms with Crippen LogP contribution in [0.25, 0.3) is 0 Å². The van der Waals surface area contributed by atoms with Gasteiger partial charge in [0.25, 0.3) is 5.91 Å². The molecule has 0 radical (unpaired) electrons.